The number of nitrogens with one attached hydrogen (secondary N) is 2. The average molecular weight is 457 g/mol. The van der Waals surface area contributed by atoms with Crippen LogP contribution in [0.25, 0.3) is 0 Å². The molecule has 0 spiro atoms. The third-order valence-corrected chi connectivity index (χ3v) is 5.66. The van der Waals surface area contributed by atoms with Gasteiger partial charge in [-0.05, 0) is 46.6 Å². The van der Waals surface area contributed by atoms with Crippen molar-refractivity contribution in [2.45, 2.75) is 71.0 Å². The number of carboxylic acid groups (broad SMARTS) is 1. The number of aromatic nitrogens is 2. The van der Waals surface area contributed by atoms with Crippen LogP contribution in [0.15, 0.2) is 24.4 Å². The molecule has 1 saturated carbocycles. The summed E-state index contributed by atoms with van der Waals surface area (Å²) in [5.74, 6) is -0.329. The zero-order valence-electron chi connectivity index (χ0n) is 19.4. The summed E-state index contributed by atoms with van der Waals surface area (Å²) < 4.78 is 0. The van der Waals surface area contributed by atoms with Gasteiger partial charge in [-0.3, -0.25) is 9.69 Å². The predicted molar refractivity (Wildman–Crippen MR) is 126 cm³/mol. The number of primary amides is 1. The van der Waals surface area contributed by atoms with Gasteiger partial charge in [0.05, 0.1) is 23.6 Å². The Morgan fingerprint density at radius 2 is 1.88 bits per heavy atom. The van der Waals surface area contributed by atoms with Crippen LogP contribution in [-0.2, 0) is 0 Å². The van der Waals surface area contributed by atoms with Crippen LogP contribution in [0.5, 0.6) is 5.75 Å². The maximum atomic E-state index is 12.1. The van der Waals surface area contributed by atoms with E-state index in [1.54, 1.807) is 13.0 Å². The van der Waals surface area contributed by atoms with Gasteiger partial charge in [-0.25, -0.2) is 14.8 Å². The summed E-state index contributed by atoms with van der Waals surface area (Å²) in [5, 5.41) is 26.2. The van der Waals surface area contributed by atoms with Gasteiger partial charge in [-0.2, -0.15) is 0 Å². The van der Waals surface area contributed by atoms with Crippen LogP contribution in [0.2, 0.25) is 0 Å². The Morgan fingerprint density at radius 1 is 1.18 bits per heavy atom. The summed E-state index contributed by atoms with van der Waals surface area (Å²) in [5.41, 5.74) is 6.54. The van der Waals surface area contributed by atoms with Gasteiger partial charge in [0.25, 0.3) is 5.91 Å². The molecule has 178 valence electrons. The predicted octanol–water partition coefficient (Wildman–Crippen LogP) is 3.83. The minimum Gasteiger partial charge on any atom is -0.508 e. The number of pyridine rings is 2. The van der Waals surface area contributed by atoms with Gasteiger partial charge in [0.1, 0.15) is 11.6 Å². The number of carbonyl (C=O) groups is 2. The van der Waals surface area contributed by atoms with Crippen molar-refractivity contribution in [3.8, 4) is 5.75 Å². The van der Waals surface area contributed by atoms with E-state index in [0.717, 1.165) is 25.7 Å². The monoisotopic (exact) mass is 456 g/mol. The van der Waals surface area contributed by atoms with E-state index in [4.69, 9.17) is 5.73 Å². The lowest BCUT2D eigenvalue weighted by Crippen LogP contribution is -2.58. The number of nitrogens with two attached hydrogens (primary N) is 1. The highest BCUT2D eigenvalue weighted by atomic mass is 16.4. The topological polar surface area (TPSA) is 154 Å². The normalized spacial score (nSPS) is 18.4. The number of aryl methyl sites for hydroxylation is 1. The number of carbonyl (C=O) groups excluding carboxylic acids is 1. The molecule has 2 aromatic rings. The number of rotatable bonds is 6. The fourth-order valence-electron chi connectivity index (χ4n) is 4.42. The number of aromatic hydroxyl groups is 1. The molecule has 10 heteroatoms. The molecule has 6 N–H and O–H groups in total. The minimum absolute atomic E-state index is 0.0328. The molecule has 0 aromatic carbocycles. The van der Waals surface area contributed by atoms with E-state index >= 15 is 0 Å². The van der Waals surface area contributed by atoms with E-state index in [1.165, 1.54) is 23.2 Å². The van der Waals surface area contributed by atoms with Crippen LogP contribution in [0, 0.1) is 6.92 Å². The number of nitrogens with zero attached hydrogens (tertiary/aromatic N) is 3. The first kappa shape index (κ1) is 24.1. The van der Waals surface area contributed by atoms with Gasteiger partial charge >= 0.3 is 6.09 Å². The first-order chi connectivity index (χ1) is 15.5. The van der Waals surface area contributed by atoms with Gasteiger partial charge in [-0.1, -0.05) is 12.8 Å². The molecule has 1 fully saturated rings. The Labute approximate surface area is 193 Å². The van der Waals surface area contributed by atoms with Crippen LogP contribution >= 0.6 is 0 Å². The molecule has 1 aliphatic rings. The fourth-order valence-corrected chi connectivity index (χ4v) is 4.42. The lowest BCUT2D eigenvalue weighted by molar-refractivity contribution is 0.0520. The molecule has 0 saturated heterocycles. The van der Waals surface area contributed by atoms with Crippen molar-refractivity contribution in [2.75, 3.05) is 10.6 Å². The molecule has 2 heterocycles. The Hall–Kier alpha value is -3.56. The minimum atomic E-state index is -0.948. The Balaban J connectivity index is 1.91. The molecule has 0 radical (unpaired) electrons. The van der Waals surface area contributed by atoms with Gasteiger partial charge in [0.2, 0.25) is 0 Å². The van der Waals surface area contributed by atoms with E-state index in [-0.39, 0.29) is 23.5 Å². The molecular formula is C23H32N6O4. The molecule has 0 aliphatic heterocycles. The Kier molecular flexibility index (Phi) is 6.95. The molecule has 0 unspecified atom stereocenters. The second-order valence-electron chi connectivity index (χ2n) is 9.39. The molecular weight excluding hydrogens is 424 g/mol. The summed E-state index contributed by atoms with van der Waals surface area (Å²) in [6.45, 7) is 7.41. The van der Waals surface area contributed by atoms with Gasteiger partial charge in [0.15, 0.2) is 5.69 Å². The third kappa shape index (κ3) is 5.82. The van der Waals surface area contributed by atoms with E-state index < -0.39 is 17.5 Å². The molecule has 10 nitrogen and oxygen atoms in total. The summed E-state index contributed by atoms with van der Waals surface area (Å²) >= 11 is 0. The second kappa shape index (κ2) is 9.51. The smallest absolute Gasteiger partial charge is 0.408 e. The first-order valence-electron chi connectivity index (χ1n) is 11.0. The fraction of sp³-hybridized carbons (Fsp3) is 0.478. The van der Waals surface area contributed by atoms with Crippen LogP contribution in [0.3, 0.4) is 0 Å². The maximum Gasteiger partial charge on any atom is 0.408 e. The summed E-state index contributed by atoms with van der Waals surface area (Å²) in [6.07, 6.45) is 4.06. The van der Waals surface area contributed by atoms with Crippen molar-refractivity contribution in [3.05, 3.63) is 35.8 Å². The maximum absolute atomic E-state index is 12.1. The summed E-state index contributed by atoms with van der Waals surface area (Å²) in [4.78, 5) is 34.1. The standard InChI is InChI=1S/C23H32N6O4/c1-13-9-15(30)11-19(26-13)28-17-10-14(12-25-20(17)21(24)31)27-16-7-5-6-8-18(16)29(22(32)33)23(2,3)4/h9-12,16,18,27H,5-8H2,1-4H3,(H2,24,31)(H,32,33)(H2,26,28,30)/t16-,18+/m1/s1. The zero-order chi connectivity index (χ0) is 24.3. The van der Waals surface area contributed by atoms with Crippen LogP contribution in [0.4, 0.5) is 22.0 Å². The first-order valence-corrected chi connectivity index (χ1v) is 11.0. The number of amides is 2. The molecule has 3 rings (SSSR count). The third-order valence-electron chi connectivity index (χ3n) is 5.66. The molecule has 2 aromatic heterocycles. The molecule has 1 aliphatic carbocycles. The van der Waals surface area contributed by atoms with Crippen LogP contribution in [0.1, 0.15) is 62.6 Å². The van der Waals surface area contributed by atoms with Crippen molar-refractivity contribution < 1.29 is 19.8 Å². The quantitative estimate of drug-likeness (QED) is 0.439. The van der Waals surface area contributed by atoms with Crippen molar-refractivity contribution in [1.29, 1.82) is 0 Å². The van der Waals surface area contributed by atoms with E-state index in [0.29, 0.717) is 22.9 Å². The highest BCUT2D eigenvalue weighted by Gasteiger charge is 2.39. The molecule has 2 amide bonds. The van der Waals surface area contributed by atoms with E-state index in [1.807, 2.05) is 20.8 Å². The van der Waals surface area contributed by atoms with Gasteiger partial charge < -0.3 is 26.6 Å². The average Bonchev–Trinajstić information content (AvgIpc) is 2.67. The second-order valence-corrected chi connectivity index (χ2v) is 9.39. The summed E-state index contributed by atoms with van der Waals surface area (Å²) in [6, 6.07) is 4.32. The van der Waals surface area contributed by atoms with Crippen LogP contribution < -0.4 is 16.4 Å². The van der Waals surface area contributed by atoms with E-state index in [9.17, 15) is 19.8 Å². The largest absolute Gasteiger partial charge is 0.508 e. The highest BCUT2D eigenvalue weighted by Crippen LogP contribution is 2.32. The zero-order valence-corrected chi connectivity index (χ0v) is 19.4. The SMILES string of the molecule is Cc1cc(O)cc(Nc2cc(N[C@@H]3CCCC[C@@H]3N(C(=O)O)C(C)(C)C)cnc2C(N)=O)n1. The molecule has 33 heavy (non-hydrogen) atoms. The summed E-state index contributed by atoms with van der Waals surface area (Å²) in [7, 11) is 0. The van der Waals surface area contributed by atoms with Crippen LogP contribution in [-0.4, -0.2) is 54.7 Å². The van der Waals surface area contributed by atoms with Crippen molar-refractivity contribution in [2.24, 2.45) is 5.73 Å². The molecule has 2 atom stereocenters. The van der Waals surface area contributed by atoms with Crippen molar-refractivity contribution >= 4 is 29.2 Å². The van der Waals surface area contributed by atoms with Crippen molar-refractivity contribution in [3.63, 3.8) is 0 Å². The van der Waals surface area contributed by atoms with Crippen molar-refractivity contribution in [1.82, 2.24) is 14.9 Å². The number of anilines is 3. The van der Waals surface area contributed by atoms with Gasteiger partial charge in [0, 0.05) is 29.4 Å². The molecule has 0 bridgehead atoms. The lowest BCUT2D eigenvalue weighted by Gasteiger charge is -2.45. The van der Waals surface area contributed by atoms with Gasteiger partial charge in [-0.15, -0.1) is 0 Å². The van der Waals surface area contributed by atoms with E-state index in [2.05, 4.69) is 20.6 Å². The Morgan fingerprint density at radius 3 is 2.48 bits per heavy atom. The number of hydrogen-bond acceptors (Lipinski definition) is 7. The number of hydrogen-bond donors (Lipinski definition) is 5. The Bertz CT molecular complexity index is 1020. The lowest BCUT2D eigenvalue weighted by atomic mass is 9.86. The highest BCUT2D eigenvalue weighted by molar-refractivity contribution is 5.97.